The predicted molar refractivity (Wildman–Crippen MR) is 54.9 cm³/mol. The van der Waals surface area contributed by atoms with Gasteiger partial charge in [-0.3, -0.25) is 10.1 Å². The fourth-order valence-corrected chi connectivity index (χ4v) is 1.11. The summed E-state index contributed by atoms with van der Waals surface area (Å²) in [6.45, 7) is 1.92. The topological polar surface area (TPSA) is 98.7 Å². The first-order valence-corrected chi connectivity index (χ1v) is 4.87. The summed E-state index contributed by atoms with van der Waals surface area (Å²) in [6, 6.07) is 0.132. The number of nitrogens with one attached hydrogen (secondary N) is 1. The Morgan fingerprint density at radius 1 is 1.67 bits per heavy atom. The maximum Gasteiger partial charge on any atom is 0.270 e. The Hall–Kier alpha value is -1.50. The highest BCUT2D eigenvalue weighted by atomic mass is 16.1. The third kappa shape index (κ3) is 4.50. The Kier molecular flexibility index (Phi) is 4.17. The lowest BCUT2D eigenvalue weighted by Gasteiger charge is -2.03. The van der Waals surface area contributed by atoms with Gasteiger partial charge in [-0.05, 0) is 25.0 Å². The molecular weight excluding hydrogens is 196 g/mol. The van der Waals surface area contributed by atoms with Gasteiger partial charge in [0, 0.05) is 12.5 Å². The number of tetrazole rings is 1. The second-order valence-electron chi connectivity index (χ2n) is 3.52. The van der Waals surface area contributed by atoms with E-state index >= 15 is 0 Å². The van der Waals surface area contributed by atoms with Gasteiger partial charge in [0.2, 0.25) is 5.91 Å². The standard InChI is InChI=1S/C8H16N6O/c1-6(9)4-3-5-7(15)10-8-11-13-14(2)12-8/h6H,3-5,9H2,1-2H3,(H,10,12,15). The van der Waals surface area contributed by atoms with Gasteiger partial charge in [-0.15, -0.1) is 5.10 Å². The van der Waals surface area contributed by atoms with Crippen molar-refractivity contribution in [2.24, 2.45) is 12.8 Å². The van der Waals surface area contributed by atoms with Crippen LogP contribution in [0.4, 0.5) is 5.95 Å². The molecule has 3 N–H and O–H groups in total. The minimum Gasteiger partial charge on any atom is -0.328 e. The molecule has 1 aromatic rings. The highest BCUT2D eigenvalue weighted by Crippen LogP contribution is 2.01. The van der Waals surface area contributed by atoms with Crippen LogP contribution in [-0.2, 0) is 11.8 Å². The molecule has 7 nitrogen and oxygen atoms in total. The van der Waals surface area contributed by atoms with E-state index in [2.05, 4.69) is 20.7 Å². The molecule has 84 valence electrons. The lowest BCUT2D eigenvalue weighted by atomic mass is 10.1. The van der Waals surface area contributed by atoms with Crippen LogP contribution in [-0.4, -0.2) is 32.2 Å². The van der Waals surface area contributed by atoms with E-state index in [9.17, 15) is 4.79 Å². The molecule has 1 unspecified atom stereocenters. The lowest BCUT2D eigenvalue weighted by Crippen LogP contribution is -2.17. The number of aryl methyl sites for hydroxylation is 1. The monoisotopic (exact) mass is 212 g/mol. The molecule has 1 atom stereocenters. The first-order valence-electron chi connectivity index (χ1n) is 4.87. The number of amides is 1. The third-order valence-corrected chi connectivity index (χ3v) is 1.82. The molecule has 0 radical (unpaired) electrons. The Morgan fingerprint density at radius 2 is 2.40 bits per heavy atom. The Labute approximate surface area is 88.0 Å². The summed E-state index contributed by atoms with van der Waals surface area (Å²) in [5.41, 5.74) is 5.56. The molecule has 1 amide bonds. The van der Waals surface area contributed by atoms with Gasteiger partial charge < -0.3 is 5.73 Å². The number of carbonyl (C=O) groups excluding carboxylic acids is 1. The summed E-state index contributed by atoms with van der Waals surface area (Å²) in [5, 5.41) is 13.6. The molecule has 0 saturated carbocycles. The van der Waals surface area contributed by atoms with Gasteiger partial charge >= 0.3 is 0 Å². The van der Waals surface area contributed by atoms with E-state index in [-0.39, 0.29) is 17.9 Å². The van der Waals surface area contributed by atoms with Crippen LogP contribution in [0, 0.1) is 0 Å². The number of hydrogen-bond acceptors (Lipinski definition) is 5. The average molecular weight is 212 g/mol. The van der Waals surface area contributed by atoms with Crippen molar-refractivity contribution in [2.75, 3.05) is 5.32 Å². The Balaban J connectivity index is 2.24. The van der Waals surface area contributed by atoms with Gasteiger partial charge in [-0.1, -0.05) is 5.10 Å². The fraction of sp³-hybridized carbons (Fsp3) is 0.750. The van der Waals surface area contributed by atoms with Crippen LogP contribution >= 0.6 is 0 Å². The van der Waals surface area contributed by atoms with Crippen LogP contribution in [0.25, 0.3) is 0 Å². The zero-order valence-corrected chi connectivity index (χ0v) is 8.97. The van der Waals surface area contributed by atoms with E-state index in [4.69, 9.17) is 5.73 Å². The van der Waals surface area contributed by atoms with E-state index in [0.29, 0.717) is 6.42 Å². The van der Waals surface area contributed by atoms with Gasteiger partial charge in [0.05, 0.1) is 7.05 Å². The van der Waals surface area contributed by atoms with Gasteiger partial charge in [-0.25, -0.2) is 0 Å². The fourth-order valence-electron chi connectivity index (χ4n) is 1.11. The van der Waals surface area contributed by atoms with Crippen molar-refractivity contribution in [1.82, 2.24) is 20.2 Å². The van der Waals surface area contributed by atoms with Crippen LogP contribution in [0.1, 0.15) is 26.2 Å². The lowest BCUT2D eigenvalue weighted by molar-refractivity contribution is -0.116. The summed E-state index contributed by atoms with van der Waals surface area (Å²) in [4.78, 5) is 12.6. The molecule has 0 fully saturated rings. The van der Waals surface area contributed by atoms with Crippen molar-refractivity contribution in [1.29, 1.82) is 0 Å². The summed E-state index contributed by atoms with van der Waals surface area (Å²) in [7, 11) is 1.64. The largest absolute Gasteiger partial charge is 0.328 e. The SMILES string of the molecule is CC(N)CCCC(=O)Nc1nnn(C)n1. The molecule has 0 saturated heterocycles. The number of aromatic nitrogens is 4. The van der Waals surface area contributed by atoms with E-state index < -0.39 is 0 Å². The molecule has 0 bridgehead atoms. The normalized spacial score (nSPS) is 12.5. The molecule has 0 aliphatic carbocycles. The number of hydrogen-bond donors (Lipinski definition) is 2. The van der Waals surface area contributed by atoms with Crippen molar-refractivity contribution < 1.29 is 4.79 Å². The predicted octanol–water partition coefficient (Wildman–Crippen LogP) is -0.334. The third-order valence-electron chi connectivity index (χ3n) is 1.82. The van der Waals surface area contributed by atoms with Crippen LogP contribution in [0.3, 0.4) is 0 Å². The Morgan fingerprint density at radius 3 is 2.93 bits per heavy atom. The minimum atomic E-state index is -0.108. The molecular formula is C8H16N6O. The zero-order chi connectivity index (χ0) is 11.3. The molecule has 0 spiro atoms. The number of rotatable bonds is 5. The molecule has 1 heterocycles. The van der Waals surface area contributed by atoms with Crippen LogP contribution in [0.2, 0.25) is 0 Å². The summed E-state index contributed by atoms with van der Waals surface area (Å²) < 4.78 is 0. The van der Waals surface area contributed by atoms with Crippen LogP contribution < -0.4 is 11.1 Å². The molecule has 0 aliphatic heterocycles. The van der Waals surface area contributed by atoms with Gasteiger partial charge in [0.1, 0.15) is 0 Å². The van der Waals surface area contributed by atoms with E-state index in [1.165, 1.54) is 4.80 Å². The molecule has 7 heteroatoms. The second kappa shape index (κ2) is 5.40. The van der Waals surface area contributed by atoms with Gasteiger partial charge in [0.25, 0.3) is 5.95 Å². The second-order valence-corrected chi connectivity index (χ2v) is 3.52. The van der Waals surface area contributed by atoms with E-state index in [1.54, 1.807) is 7.05 Å². The highest BCUT2D eigenvalue weighted by molar-refractivity contribution is 5.88. The van der Waals surface area contributed by atoms with Crippen molar-refractivity contribution in [3.8, 4) is 0 Å². The smallest absolute Gasteiger partial charge is 0.270 e. The molecule has 0 aliphatic rings. The first kappa shape index (κ1) is 11.6. The van der Waals surface area contributed by atoms with Crippen molar-refractivity contribution in [2.45, 2.75) is 32.2 Å². The number of anilines is 1. The van der Waals surface area contributed by atoms with Crippen LogP contribution in [0.15, 0.2) is 0 Å². The first-order chi connectivity index (χ1) is 7.08. The number of nitrogens with two attached hydrogens (primary N) is 1. The maximum atomic E-state index is 11.3. The molecule has 15 heavy (non-hydrogen) atoms. The van der Waals surface area contributed by atoms with E-state index in [0.717, 1.165) is 12.8 Å². The van der Waals surface area contributed by atoms with Crippen LogP contribution in [0.5, 0.6) is 0 Å². The zero-order valence-electron chi connectivity index (χ0n) is 8.97. The van der Waals surface area contributed by atoms with Gasteiger partial charge in [-0.2, -0.15) is 4.80 Å². The summed E-state index contributed by atoms with van der Waals surface area (Å²) >= 11 is 0. The van der Waals surface area contributed by atoms with E-state index in [1.807, 2.05) is 6.92 Å². The van der Waals surface area contributed by atoms with Crippen molar-refractivity contribution >= 4 is 11.9 Å². The molecule has 1 rings (SSSR count). The van der Waals surface area contributed by atoms with Crippen molar-refractivity contribution in [3.05, 3.63) is 0 Å². The quantitative estimate of drug-likeness (QED) is 0.696. The Bertz CT molecular complexity index is 321. The molecule has 1 aromatic heterocycles. The summed E-state index contributed by atoms with van der Waals surface area (Å²) in [5.74, 6) is 0.131. The number of carbonyl (C=O) groups is 1. The highest BCUT2D eigenvalue weighted by Gasteiger charge is 2.06. The molecule has 0 aromatic carbocycles. The van der Waals surface area contributed by atoms with Gasteiger partial charge in [0.15, 0.2) is 0 Å². The van der Waals surface area contributed by atoms with Crippen molar-refractivity contribution in [3.63, 3.8) is 0 Å². The minimum absolute atomic E-state index is 0.108. The summed E-state index contributed by atoms with van der Waals surface area (Å²) in [6.07, 6.45) is 2.03. The average Bonchev–Trinajstić information content (AvgIpc) is 2.50. The maximum absolute atomic E-state index is 11.3. The number of nitrogens with zero attached hydrogens (tertiary/aromatic N) is 4.